The number of benzene rings is 1. The van der Waals surface area contributed by atoms with Crippen molar-refractivity contribution in [3.05, 3.63) is 53.6 Å². The molecule has 0 atom stereocenters. The van der Waals surface area contributed by atoms with Crippen LogP contribution in [0.3, 0.4) is 0 Å². The fourth-order valence-corrected chi connectivity index (χ4v) is 3.49. The van der Waals surface area contributed by atoms with Crippen molar-refractivity contribution in [2.75, 3.05) is 5.73 Å². The Bertz CT molecular complexity index is 1040. The molecule has 3 aromatic rings. The maximum absolute atomic E-state index is 9.71. The summed E-state index contributed by atoms with van der Waals surface area (Å²) in [5.74, 6) is 1.50. The smallest absolute Gasteiger partial charge is 0.143 e. The van der Waals surface area contributed by atoms with Crippen LogP contribution < -0.4 is 5.73 Å². The Morgan fingerprint density at radius 2 is 1.88 bits per heavy atom. The highest BCUT2D eigenvalue weighted by Crippen LogP contribution is 2.36. The Morgan fingerprint density at radius 1 is 1.19 bits per heavy atom. The molecule has 2 heterocycles. The lowest BCUT2D eigenvalue weighted by Crippen LogP contribution is -2.04. The van der Waals surface area contributed by atoms with Gasteiger partial charge in [-0.3, -0.25) is 0 Å². The summed E-state index contributed by atoms with van der Waals surface area (Å²) in [7, 11) is 1.89. The second kappa shape index (κ2) is 7.18. The molecular formula is C18H14N6OS. The number of nitrogen functional groups attached to an aromatic ring is 1. The SMILES string of the molecule is Cn1ccnc1CSc1nc(N)c(C#N)c(-c2ccc(O)cc2)c1C#N. The Balaban J connectivity index is 2.12. The number of rotatable bonds is 4. The number of nitrogens with zero attached hydrogens (tertiary/aromatic N) is 5. The van der Waals surface area contributed by atoms with Crippen LogP contribution in [0.15, 0.2) is 41.7 Å². The van der Waals surface area contributed by atoms with Crippen molar-refractivity contribution >= 4 is 17.6 Å². The summed E-state index contributed by atoms with van der Waals surface area (Å²) >= 11 is 1.33. The highest BCUT2D eigenvalue weighted by Gasteiger charge is 2.20. The first kappa shape index (κ1) is 17.3. The topological polar surface area (TPSA) is 125 Å². The van der Waals surface area contributed by atoms with Gasteiger partial charge < -0.3 is 15.4 Å². The molecular weight excluding hydrogens is 348 g/mol. The summed E-state index contributed by atoms with van der Waals surface area (Å²) < 4.78 is 1.88. The van der Waals surface area contributed by atoms with Crippen LogP contribution >= 0.6 is 11.8 Å². The van der Waals surface area contributed by atoms with Crippen molar-refractivity contribution < 1.29 is 5.11 Å². The number of anilines is 1. The molecule has 0 saturated heterocycles. The quantitative estimate of drug-likeness (QED) is 0.684. The molecule has 2 aromatic heterocycles. The summed E-state index contributed by atoms with van der Waals surface area (Å²) in [5, 5.41) is 29.1. The lowest BCUT2D eigenvalue weighted by molar-refractivity contribution is 0.475. The van der Waals surface area contributed by atoms with Crippen molar-refractivity contribution in [2.45, 2.75) is 10.8 Å². The Hall–Kier alpha value is -3.49. The van der Waals surface area contributed by atoms with E-state index in [4.69, 9.17) is 5.73 Å². The monoisotopic (exact) mass is 362 g/mol. The van der Waals surface area contributed by atoms with Gasteiger partial charge in [0.25, 0.3) is 0 Å². The minimum absolute atomic E-state index is 0.0666. The minimum atomic E-state index is 0.0666. The molecule has 3 N–H and O–H groups in total. The van der Waals surface area contributed by atoms with E-state index in [1.54, 1.807) is 18.3 Å². The number of thioether (sulfide) groups is 1. The van der Waals surface area contributed by atoms with Gasteiger partial charge in [0.05, 0.1) is 11.3 Å². The zero-order valence-electron chi connectivity index (χ0n) is 13.8. The van der Waals surface area contributed by atoms with E-state index in [1.807, 2.05) is 23.9 Å². The van der Waals surface area contributed by atoms with E-state index in [0.717, 1.165) is 5.82 Å². The van der Waals surface area contributed by atoms with E-state index in [-0.39, 0.29) is 22.7 Å². The number of pyridine rings is 1. The van der Waals surface area contributed by atoms with Crippen LogP contribution in [-0.4, -0.2) is 19.6 Å². The standard InChI is InChI=1S/C18H14N6OS/c1-24-7-6-22-15(24)10-26-18-14(9-20)16(13(8-19)17(21)23-18)11-2-4-12(25)5-3-11/h2-7,25H,10H2,1H3,(H2,21,23). The second-order valence-electron chi connectivity index (χ2n) is 5.44. The lowest BCUT2D eigenvalue weighted by atomic mass is 9.97. The molecule has 0 radical (unpaired) electrons. The third-order valence-corrected chi connectivity index (χ3v) is 4.80. The molecule has 0 aliphatic carbocycles. The van der Waals surface area contributed by atoms with Gasteiger partial charge in [-0.1, -0.05) is 23.9 Å². The number of imidazole rings is 1. The highest BCUT2D eigenvalue weighted by atomic mass is 32.2. The molecule has 7 nitrogen and oxygen atoms in total. The summed E-state index contributed by atoms with van der Waals surface area (Å²) in [6.07, 6.45) is 3.53. The van der Waals surface area contributed by atoms with Gasteiger partial charge in [-0.05, 0) is 17.7 Å². The maximum atomic E-state index is 9.71. The molecule has 0 unspecified atom stereocenters. The van der Waals surface area contributed by atoms with Crippen LogP contribution in [0.4, 0.5) is 5.82 Å². The minimum Gasteiger partial charge on any atom is -0.508 e. The fraction of sp³-hybridized carbons (Fsp3) is 0.111. The van der Waals surface area contributed by atoms with Gasteiger partial charge in [0.15, 0.2) is 0 Å². The van der Waals surface area contributed by atoms with Crippen molar-refractivity contribution in [2.24, 2.45) is 7.05 Å². The summed E-state index contributed by atoms with van der Waals surface area (Å²) in [4.78, 5) is 8.51. The third kappa shape index (κ3) is 3.18. The van der Waals surface area contributed by atoms with Crippen LogP contribution in [0.25, 0.3) is 11.1 Å². The predicted molar refractivity (Wildman–Crippen MR) is 97.9 cm³/mol. The van der Waals surface area contributed by atoms with Crippen molar-refractivity contribution in [1.82, 2.24) is 14.5 Å². The molecule has 128 valence electrons. The van der Waals surface area contributed by atoms with Crippen LogP contribution in [0, 0.1) is 22.7 Å². The average Bonchev–Trinajstić information content (AvgIpc) is 3.05. The molecule has 0 aliphatic rings. The number of phenolic OH excluding ortho intramolecular Hbond substituents is 1. The average molecular weight is 362 g/mol. The molecule has 0 aliphatic heterocycles. The van der Waals surface area contributed by atoms with Crippen LogP contribution in [0.5, 0.6) is 5.75 Å². The first-order valence-corrected chi connectivity index (χ1v) is 8.55. The van der Waals surface area contributed by atoms with Gasteiger partial charge in [-0.15, -0.1) is 0 Å². The van der Waals surface area contributed by atoms with Crippen LogP contribution in [0.2, 0.25) is 0 Å². The van der Waals surface area contributed by atoms with Gasteiger partial charge in [0.1, 0.15) is 40.1 Å². The van der Waals surface area contributed by atoms with E-state index in [9.17, 15) is 15.6 Å². The first-order valence-electron chi connectivity index (χ1n) is 7.57. The largest absolute Gasteiger partial charge is 0.508 e. The van der Waals surface area contributed by atoms with Crippen molar-refractivity contribution in [3.8, 4) is 29.0 Å². The van der Waals surface area contributed by atoms with Crippen molar-refractivity contribution in [1.29, 1.82) is 10.5 Å². The fourth-order valence-electron chi connectivity index (χ4n) is 2.49. The molecule has 3 rings (SSSR count). The van der Waals surface area contributed by atoms with Gasteiger partial charge in [0.2, 0.25) is 0 Å². The number of hydrogen-bond acceptors (Lipinski definition) is 7. The Morgan fingerprint density at radius 3 is 2.46 bits per heavy atom. The van der Waals surface area contributed by atoms with Gasteiger partial charge >= 0.3 is 0 Å². The normalized spacial score (nSPS) is 10.3. The van der Waals surface area contributed by atoms with E-state index in [0.29, 0.717) is 21.9 Å². The zero-order chi connectivity index (χ0) is 18.7. The first-order chi connectivity index (χ1) is 12.5. The molecule has 26 heavy (non-hydrogen) atoms. The predicted octanol–water partition coefficient (Wildman–Crippen LogP) is 2.81. The Kier molecular flexibility index (Phi) is 4.78. The van der Waals surface area contributed by atoms with E-state index in [1.165, 1.54) is 23.9 Å². The molecule has 0 saturated carbocycles. The molecule has 8 heteroatoms. The van der Waals surface area contributed by atoms with Crippen LogP contribution in [-0.2, 0) is 12.8 Å². The zero-order valence-corrected chi connectivity index (χ0v) is 14.7. The van der Waals surface area contributed by atoms with E-state index < -0.39 is 0 Å². The number of nitrogens with two attached hydrogens (primary N) is 1. The number of aromatic nitrogens is 3. The highest BCUT2D eigenvalue weighted by molar-refractivity contribution is 7.98. The third-order valence-electron chi connectivity index (χ3n) is 3.83. The summed E-state index contributed by atoms with van der Waals surface area (Å²) in [6.45, 7) is 0. The van der Waals surface area contributed by atoms with Gasteiger partial charge in [-0.2, -0.15) is 10.5 Å². The van der Waals surface area contributed by atoms with Crippen molar-refractivity contribution in [3.63, 3.8) is 0 Å². The number of nitriles is 2. The summed E-state index contributed by atoms with van der Waals surface area (Å²) in [6, 6.07) is 10.4. The lowest BCUT2D eigenvalue weighted by Gasteiger charge is -2.13. The number of aryl methyl sites for hydroxylation is 1. The summed E-state index contributed by atoms with van der Waals surface area (Å²) in [5.41, 5.74) is 7.44. The maximum Gasteiger partial charge on any atom is 0.143 e. The van der Waals surface area contributed by atoms with E-state index in [2.05, 4.69) is 16.0 Å². The second-order valence-corrected chi connectivity index (χ2v) is 6.40. The van der Waals surface area contributed by atoms with Gasteiger partial charge in [0, 0.05) is 25.0 Å². The molecule has 0 spiro atoms. The number of aromatic hydroxyl groups is 1. The number of phenols is 1. The molecule has 0 fully saturated rings. The van der Waals surface area contributed by atoms with Crippen LogP contribution in [0.1, 0.15) is 17.0 Å². The number of hydrogen-bond donors (Lipinski definition) is 2. The van der Waals surface area contributed by atoms with E-state index >= 15 is 0 Å². The molecule has 1 aromatic carbocycles. The molecule has 0 amide bonds. The molecule has 0 bridgehead atoms. The Labute approximate surface area is 154 Å². The van der Waals surface area contributed by atoms with Gasteiger partial charge in [-0.25, -0.2) is 9.97 Å².